The Kier molecular flexibility index (Phi) is 10.3. The minimum atomic E-state index is -0.483. The summed E-state index contributed by atoms with van der Waals surface area (Å²) in [6, 6.07) is 3.68. The second kappa shape index (κ2) is 13.0. The number of hydrogen-bond acceptors (Lipinski definition) is 7. The van der Waals surface area contributed by atoms with E-state index in [-0.39, 0.29) is 12.6 Å². The number of rotatable bonds is 11. The second-order valence-corrected chi connectivity index (χ2v) is 7.78. The third kappa shape index (κ3) is 8.10. The molecule has 1 fully saturated rings. The summed E-state index contributed by atoms with van der Waals surface area (Å²) in [7, 11) is 1.67. The summed E-state index contributed by atoms with van der Waals surface area (Å²) in [4.78, 5) is 16.3. The molecule has 1 aliphatic carbocycles. The maximum atomic E-state index is 11.9. The van der Waals surface area contributed by atoms with Crippen LogP contribution in [0.2, 0.25) is 0 Å². The maximum absolute atomic E-state index is 11.9. The molecule has 0 unspecified atom stereocenters. The lowest BCUT2D eigenvalue weighted by Crippen LogP contribution is -2.36. The van der Waals surface area contributed by atoms with E-state index in [9.17, 15) is 4.79 Å². The van der Waals surface area contributed by atoms with Gasteiger partial charge in [-0.05, 0) is 44.2 Å². The molecule has 8 nitrogen and oxygen atoms in total. The average molecular weight is 420 g/mol. The number of ether oxygens (including phenoxy) is 2. The van der Waals surface area contributed by atoms with Crippen LogP contribution in [0.3, 0.4) is 0 Å². The summed E-state index contributed by atoms with van der Waals surface area (Å²) in [6.45, 7) is 2.69. The number of nitrogens with two attached hydrogens (primary N) is 2. The van der Waals surface area contributed by atoms with Gasteiger partial charge in [-0.3, -0.25) is 4.98 Å². The lowest BCUT2D eigenvalue weighted by molar-refractivity contribution is 0.144. The standard InChI is InChI=1S/C22H37N5O3/c1-3-4-5-9-14-29-22(28)26-16-20(27(2)24)21(23)19-13-12-18(15-25-19)30-17-10-7-6-8-11-17/h12-13,15,17H,3-11,14,16,23-24H2,1-2H3,(H,26,28)/b21-20-. The third-order valence-electron chi connectivity index (χ3n) is 5.24. The SMILES string of the molecule is CCCCCCOC(=O)NC/C(=C(/N)c1ccc(OC2CCCCC2)cn1)N(C)N. The van der Waals surface area contributed by atoms with Crippen LogP contribution in [-0.4, -0.2) is 42.4 Å². The molecule has 0 aromatic carbocycles. The molecule has 30 heavy (non-hydrogen) atoms. The van der Waals surface area contributed by atoms with Crippen LogP contribution >= 0.6 is 0 Å². The van der Waals surface area contributed by atoms with Crippen LogP contribution in [0.25, 0.3) is 5.70 Å². The van der Waals surface area contributed by atoms with Crippen LogP contribution < -0.4 is 21.6 Å². The summed E-state index contributed by atoms with van der Waals surface area (Å²) < 4.78 is 11.2. The second-order valence-electron chi connectivity index (χ2n) is 7.78. The molecular weight excluding hydrogens is 382 g/mol. The lowest BCUT2D eigenvalue weighted by Gasteiger charge is -2.23. The number of amides is 1. The zero-order valence-corrected chi connectivity index (χ0v) is 18.4. The van der Waals surface area contributed by atoms with Crippen molar-refractivity contribution < 1.29 is 14.3 Å². The first-order valence-electron chi connectivity index (χ1n) is 11.0. The van der Waals surface area contributed by atoms with Gasteiger partial charge < -0.3 is 25.5 Å². The summed E-state index contributed by atoms with van der Waals surface area (Å²) >= 11 is 0. The number of alkyl carbamates (subject to hydrolysis) is 1. The Hall–Kier alpha value is -2.48. The van der Waals surface area contributed by atoms with Crippen molar-refractivity contribution in [2.45, 2.75) is 70.8 Å². The summed E-state index contributed by atoms with van der Waals surface area (Å²) in [6.07, 6.45) is 11.6. The fourth-order valence-corrected chi connectivity index (χ4v) is 3.44. The van der Waals surface area contributed by atoms with Crippen LogP contribution in [0.1, 0.15) is 70.4 Å². The highest BCUT2D eigenvalue weighted by Crippen LogP contribution is 2.23. The summed E-state index contributed by atoms with van der Waals surface area (Å²) in [5.74, 6) is 6.66. The molecule has 168 valence electrons. The van der Waals surface area contributed by atoms with Crippen LogP contribution in [-0.2, 0) is 4.74 Å². The number of nitrogens with zero attached hydrogens (tertiary/aromatic N) is 2. The molecule has 1 aromatic heterocycles. The fraction of sp³-hybridized carbons (Fsp3) is 0.636. The fourth-order valence-electron chi connectivity index (χ4n) is 3.44. The molecule has 0 atom stereocenters. The van der Waals surface area contributed by atoms with Crippen molar-refractivity contribution in [3.63, 3.8) is 0 Å². The molecule has 2 rings (SSSR count). The third-order valence-corrected chi connectivity index (χ3v) is 5.24. The van der Waals surface area contributed by atoms with Gasteiger partial charge in [0.1, 0.15) is 5.75 Å². The highest BCUT2D eigenvalue weighted by Gasteiger charge is 2.16. The predicted octanol–water partition coefficient (Wildman–Crippen LogP) is 3.53. The molecule has 0 spiro atoms. The van der Waals surface area contributed by atoms with E-state index >= 15 is 0 Å². The Balaban J connectivity index is 1.90. The van der Waals surface area contributed by atoms with Gasteiger partial charge in [-0.1, -0.05) is 32.6 Å². The number of aromatic nitrogens is 1. The van der Waals surface area contributed by atoms with Gasteiger partial charge in [0.05, 0.1) is 42.5 Å². The number of nitrogens with one attached hydrogen (secondary N) is 1. The number of hydrazine groups is 1. The molecule has 1 aliphatic rings. The molecule has 0 bridgehead atoms. The van der Waals surface area contributed by atoms with Crippen molar-refractivity contribution in [1.82, 2.24) is 15.3 Å². The van der Waals surface area contributed by atoms with Gasteiger partial charge in [0.2, 0.25) is 0 Å². The van der Waals surface area contributed by atoms with Crippen LogP contribution in [0, 0.1) is 0 Å². The monoisotopic (exact) mass is 419 g/mol. The van der Waals surface area contributed by atoms with Crippen LogP contribution in [0.15, 0.2) is 24.0 Å². The topological polar surface area (TPSA) is 116 Å². The van der Waals surface area contributed by atoms with Gasteiger partial charge in [0.25, 0.3) is 0 Å². The van der Waals surface area contributed by atoms with E-state index in [4.69, 9.17) is 21.1 Å². The minimum absolute atomic E-state index is 0.147. The zero-order chi connectivity index (χ0) is 21.8. The van der Waals surface area contributed by atoms with Crippen LogP contribution in [0.5, 0.6) is 5.75 Å². The first-order chi connectivity index (χ1) is 14.5. The first kappa shape index (κ1) is 23.8. The van der Waals surface area contributed by atoms with Crippen molar-refractivity contribution in [3.8, 4) is 5.75 Å². The lowest BCUT2D eigenvalue weighted by atomic mass is 9.98. The quantitative estimate of drug-likeness (QED) is 0.285. The van der Waals surface area contributed by atoms with E-state index in [1.807, 2.05) is 12.1 Å². The molecule has 0 aliphatic heterocycles. The van der Waals surface area contributed by atoms with E-state index in [1.54, 1.807) is 13.2 Å². The largest absolute Gasteiger partial charge is 0.489 e. The predicted molar refractivity (Wildman–Crippen MR) is 118 cm³/mol. The summed E-state index contributed by atoms with van der Waals surface area (Å²) in [5.41, 5.74) is 7.80. The number of pyridine rings is 1. The highest BCUT2D eigenvalue weighted by molar-refractivity contribution is 5.69. The number of hydrogen-bond donors (Lipinski definition) is 3. The Morgan fingerprint density at radius 2 is 2.00 bits per heavy atom. The molecule has 0 saturated heterocycles. The molecule has 1 aromatic rings. The Bertz CT molecular complexity index is 670. The molecule has 1 saturated carbocycles. The van der Waals surface area contributed by atoms with Crippen molar-refractivity contribution in [1.29, 1.82) is 0 Å². The number of carbonyl (C=O) groups is 1. The average Bonchev–Trinajstić information content (AvgIpc) is 2.74. The van der Waals surface area contributed by atoms with Crippen molar-refractivity contribution in [2.75, 3.05) is 20.2 Å². The normalized spacial score (nSPS) is 15.3. The van der Waals surface area contributed by atoms with E-state index < -0.39 is 6.09 Å². The molecule has 0 radical (unpaired) electrons. The number of likely N-dealkylation sites (N-methyl/N-ethyl adjacent to an activating group) is 1. The molecule has 1 heterocycles. The van der Waals surface area contributed by atoms with Crippen molar-refractivity contribution in [2.24, 2.45) is 11.6 Å². The Morgan fingerprint density at radius 3 is 2.63 bits per heavy atom. The smallest absolute Gasteiger partial charge is 0.407 e. The molecular formula is C22H37N5O3. The van der Waals surface area contributed by atoms with Gasteiger partial charge in [0.15, 0.2) is 0 Å². The van der Waals surface area contributed by atoms with Gasteiger partial charge in [-0.15, -0.1) is 0 Å². The van der Waals surface area contributed by atoms with Gasteiger partial charge in [-0.25, -0.2) is 10.6 Å². The number of carbonyl (C=O) groups excluding carboxylic acids is 1. The van der Waals surface area contributed by atoms with Gasteiger partial charge >= 0.3 is 6.09 Å². The Labute approximate surface area is 180 Å². The maximum Gasteiger partial charge on any atom is 0.407 e. The highest BCUT2D eigenvalue weighted by atomic mass is 16.5. The molecule has 8 heteroatoms. The first-order valence-corrected chi connectivity index (χ1v) is 11.0. The van der Waals surface area contributed by atoms with E-state index in [2.05, 4.69) is 17.2 Å². The zero-order valence-electron chi connectivity index (χ0n) is 18.4. The Morgan fingerprint density at radius 1 is 1.23 bits per heavy atom. The number of unbranched alkanes of at least 4 members (excludes halogenated alkanes) is 3. The van der Waals surface area contributed by atoms with Crippen LogP contribution in [0.4, 0.5) is 4.79 Å². The van der Waals surface area contributed by atoms with E-state index in [0.717, 1.165) is 44.3 Å². The molecule has 5 N–H and O–H groups in total. The van der Waals surface area contributed by atoms with E-state index in [1.165, 1.54) is 24.3 Å². The van der Waals surface area contributed by atoms with Crippen molar-refractivity contribution in [3.05, 3.63) is 29.7 Å². The van der Waals surface area contributed by atoms with Gasteiger partial charge in [-0.2, -0.15) is 0 Å². The molecule has 1 amide bonds. The summed E-state index contributed by atoms with van der Waals surface area (Å²) in [5, 5.41) is 4.08. The van der Waals surface area contributed by atoms with Gasteiger partial charge in [0, 0.05) is 7.05 Å². The van der Waals surface area contributed by atoms with E-state index in [0.29, 0.717) is 23.7 Å². The van der Waals surface area contributed by atoms with Crippen molar-refractivity contribution >= 4 is 11.8 Å². The minimum Gasteiger partial charge on any atom is -0.489 e.